The van der Waals surface area contributed by atoms with Gasteiger partial charge >= 0.3 is 0 Å². The minimum absolute atomic E-state index is 0.540. The molecule has 0 saturated heterocycles. The molecule has 0 unspecified atom stereocenters. The predicted molar refractivity (Wildman–Crippen MR) is 87.2 cm³/mol. The van der Waals surface area contributed by atoms with Crippen LogP contribution in [0.2, 0.25) is 5.02 Å². The van der Waals surface area contributed by atoms with Crippen LogP contribution in [-0.4, -0.2) is 20.4 Å². The van der Waals surface area contributed by atoms with E-state index in [2.05, 4.69) is 26.7 Å². The summed E-state index contributed by atoms with van der Waals surface area (Å²) in [5.74, 6) is 1.50. The Labute approximate surface area is 133 Å². The standard InChI is InChI=1S/C16H15Cl2N3/c1-11-7-14-16(19-9-11)21(15(20-14)5-6-17)10-12-3-2-4-13(18)8-12/h2-4,7-9H,5-6,10H2,1H3. The van der Waals surface area contributed by atoms with Gasteiger partial charge in [0.05, 0.1) is 6.54 Å². The number of hydrogen-bond acceptors (Lipinski definition) is 2. The van der Waals surface area contributed by atoms with Gasteiger partial charge in [-0.15, -0.1) is 11.6 Å². The van der Waals surface area contributed by atoms with Crippen LogP contribution in [0.25, 0.3) is 11.2 Å². The molecule has 5 heteroatoms. The Morgan fingerprint density at radius 1 is 1.24 bits per heavy atom. The Balaban J connectivity index is 2.08. The van der Waals surface area contributed by atoms with Crippen molar-refractivity contribution in [3.63, 3.8) is 0 Å². The molecule has 21 heavy (non-hydrogen) atoms. The number of hydrogen-bond donors (Lipinski definition) is 0. The third-order valence-electron chi connectivity index (χ3n) is 3.35. The number of pyridine rings is 1. The van der Waals surface area contributed by atoms with Crippen molar-refractivity contribution in [2.45, 2.75) is 19.9 Å². The molecule has 0 atom stereocenters. The second kappa shape index (κ2) is 6.04. The van der Waals surface area contributed by atoms with E-state index in [4.69, 9.17) is 23.2 Å². The van der Waals surface area contributed by atoms with E-state index in [1.807, 2.05) is 31.3 Å². The van der Waals surface area contributed by atoms with E-state index in [1.165, 1.54) is 0 Å². The highest BCUT2D eigenvalue weighted by atomic mass is 35.5. The maximum atomic E-state index is 6.06. The molecule has 0 amide bonds. The van der Waals surface area contributed by atoms with Crippen LogP contribution in [0.5, 0.6) is 0 Å². The molecule has 0 aliphatic heterocycles. The Kier molecular flexibility index (Phi) is 4.13. The van der Waals surface area contributed by atoms with Crippen LogP contribution in [0.15, 0.2) is 36.5 Å². The Hall–Kier alpha value is -1.58. The summed E-state index contributed by atoms with van der Waals surface area (Å²) in [4.78, 5) is 9.19. The van der Waals surface area contributed by atoms with Gasteiger partial charge < -0.3 is 4.57 Å². The zero-order valence-electron chi connectivity index (χ0n) is 11.7. The molecule has 1 aromatic carbocycles. The first-order valence-corrected chi connectivity index (χ1v) is 7.71. The molecule has 0 spiro atoms. The van der Waals surface area contributed by atoms with Crippen molar-refractivity contribution < 1.29 is 0 Å². The van der Waals surface area contributed by atoms with Gasteiger partial charge in [0.25, 0.3) is 0 Å². The molecule has 0 N–H and O–H groups in total. The Morgan fingerprint density at radius 2 is 2.10 bits per heavy atom. The molecule has 0 radical (unpaired) electrons. The summed E-state index contributed by atoms with van der Waals surface area (Å²) in [6.45, 7) is 2.71. The summed E-state index contributed by atoms with van der Waals surface area (Å²) < 4.78 is 2.11. The lowest BCUT2D eigenvalue weighted by molar-refractivity contribution is 0.747. The van der Waals surface area contributed by atoms with Gasteiger partial charge in [0.15, 0.2) is 5.65 Å². The van der Waals surface area contributed by atoms with Crippen LogP contribution < -0.4 is 0 Å². The summed E-state index contributed by atoms with van der Waals surface area (Å²) in [6, 6.07) is 9.89. The lowest BCUT2D eigenvalue weighted by atomic mass is 10.2. The van der Waals surface area contributed by atoms with Gasteiger partial charge in [0.2, 0.25) is 0 Å². The van der Waals surface area contributed by atoms with E-state index in [9.17, 15) is 0 Å². The van der Waals surface area contributed by atoms with Gasteiger partial charge in [-0.25, -0.2) is 9.97 Å². The first kappa shape index (κ1) is 14.4. The summed E-state index contributed by atoms with van der Waals surface area (Å²) in [6.07, 6.45) is 2.58. The molecule has 0 fully saturated rings. The SMILES string of the molecule is Cc1cnc2c(c1)nc(CCCl)n2Cc1cccc(Cl)c1. The number of nitrogens with zero attached hydrogens (tertiary/aromatic N) is 3. The molecule has 3 aromatic rings. The van der Waals surface area contributed by atoms with E-state index in [0.29, 0.717) is 12.4 Å². The lowest BCUT2D eigenvalue weighted by Crippen LogP contribution is -2.06. The molecule has 0 saturated carbocycles. The van der Waals surface area contributed by atoms with E-state index in [1.54, 1.807) is 0 Å². The second-order valence-corrected chi connectivity index (χ2v) is 5.85. The average Bonchev–Trinajstić information content (AvgIpc) is 2.76. The predicted octanol–water partition coefficient (Wildman–Crippen LogP) is 4.22. The minimum atomic E-state index is 0.540. The van der Waals surface area contributed by atoms with Crippen molar-refractivity contribution in [3.8, 4) is 0 Å². The maximum absolute atomic E-state index is 6.06. The molecule has 3 nitrogen and oxygen atoms in total. The highest BCUT2D eigenvalue weighted by Crippen LogP contribution is 2.19. The zero-order chi connectivity index (χ0) is 14.8. The quantitative estimate of drug-likeness (QED) is 0.674. The van der Waals surface area contributed by atoms with E-state index in [-0.39, 0.29) is 0 Å². The fourth-order valence-electron chi connectivity index (χ4n) is 2.42. The summed E-state index contributed by atoms with van der Waals surface area (Å²) in [5.41, 5.74) is 4.03. The number of aryl methyl sites for hydroxylation is 2. The first-order valence-electron chi connectivity index (χ1n) is 6.79. The molecule has 0 aliphatic rings. The normalized spacial score (nSPS) is 11.2. The van der Waals surface area contributed by atoms with Gasteiger partial charge in [-0.2, -0.15) is 0 Å². The smallest absolute Gasteiger partial charge is 0.160 e. The monoisotopic (exact) mass is 319 g/mol. The number of aromatic nitrogens is 3. The number of imidazole rings is 1. The highest BCUT2D eigenvalue weighted by molar-refractivity contribution is 6.30. The lowest BCUT2D eigenvalue weighted by Gasteiger charge is -2.08. The molecular weight excluding hydrogens is 305 g/mol. The summed E-state index contributed by atoms with van der Waals surface area (Å²) >= 11 is 12.0. The van der Waals surface area contributed by atoms with E-state index < -0.39 is 0 Å². The fraction of sp³-hybridized carbons (Fsp3) is 0.250. The first-order chi connectivity index (χ1) is 10.2. The van der Waals surface area contributed by atoms with Crippen LogP contribution in [-0.2, 0) is 13.0 Å². The average molecular weight is 320 g/mol. The van der Waals surface area contributed by atoms with Crippen LogP contribution in [0.1, 0.15) is 17.0 Å². The van der Waals surface area contributed by atoms with Crippen LogP contribution in [0.4, 0.5) is 0 Å². The molecular formula is C16H15Cl2N3. The van der Waals surface area contributed by atoms with Gasteiger partial charge in [0.1, 0.15) is 11.3 Å². The molecule has 2 heterocycles. The molecule has 0 aliphatic carbocycles. The van der Waals surface area contributed by atoms with Crippen LogP contribution >= 0.6 is 23.2 Å². The van der Waals surface area contributed by atoms with Crippen LogP contribution in [0, 0.1) is 6.92 Å². The van der Waals surface area contributed by atoms with Crippen molar-refractivity contribution in [1.82, 2.24) is 14.5 Å². The third kappa shape index (κ3) is 3.04. The highest BCUT2D eigenvalue weighted by Gasteiger charge is 2.12. The van der Waals surface area contributed by atoms with Gasteiger partial charge in [-0.1, -0.05) is 23.7 Å². The Bertz CT molecular complexity index is 780. The number of fused-ring (bicyclic) bond motifs is 1. The zero-order valence-corrected chi connectivity index (χ0v) is 13.2. The molecule has 0 bridgehead atoms. The van der Waals surface area contributed by atoms with Gasteiger partial charge in [-0.05, 0) is 36.2 Å². The third-order valence-corrected chi connectivity index (χ3v) is 3.77. The fourth-order valence-corrected chi connectivity index (χ4v) is 2.80. The van der Waals surface area contributed by atoms with Gasteiger partial charge in [-0.3, -0.25) is 0 Å². The van der Waals surface area contributed by atoms with Crippen LogP contribution in [0.3, 0.4) is 0 Å². The maximum Gasteiger partial charge on any atom is 0.160 e. The number of benzene rings is 1. The summed E-state index contributed by atoms with van der Waals surface area (Å²) in [7, 11) is 0. The summed E-state index contributed by atoms with van der Waals surface area (Å²) in [5, 5.41) is 0.736. The molecule has 2 aromatic heterocycles. The number of halogens is 2. The molecule has 108 valence electrons. The topological polar surface area (TPSA) is 30.7 Å². The van der Waals surface area contributed by atoms with Crippen molar-refractivity contribution in [1.29, 1.82) is 0 Å². The van der Waals surface area contributed by atoms with Crippen molar-refractivity contribution in [2.24, 2.45) is 0 Å². The largest absolute Gasteiger partial charge is 0.308 e. The minimum Gasteiger partial charge on any atom is -0.308 e. The van der Waals surface area contributed by atoms with Gasteiger partial charge in [0, 0.05) is 23.5 Å². The Morgan fingerprint density at radius 3 is 2.86 bits per heavy atom. The number of alkyl halides is 1. The van der Waals surface area contributed by atoms with Crippen molar-refractivity contribution in [3.05, 3.63) is 58.5 Å². The molecule has 3 rings (SSSR count). The number of rotatable bonds is 4. The van der Waals surface area contributed by atoms with Crippen molar-refractivity contribution in [2.75, 3.05) is 5.88 Å². The van der Waals surface area contributed by atoms with E-state index in [0.717, 1.165) is 39.6 Å². The second-order valence-electron chi connectivity index (χ2n) is 5.04. The van der Waals surface area contributed by atoms with E-state index >= 15 is 0 Å². The van der Waals surface area contributed by atoms with Crippen molar-refractivity contribution >= 4 is 34.4 Å².